The Labute approximate surface area is 123 Å². The van der Waals surface area contributed by atoms with Crippen molar-refractivity contribution in [1.82, 2.24) is 10.2 Å². The molecule has 1 aromatic rings. The van der Waals surface area contributed by atoms with Gasteiger partial charge in [0.25, 0.3) is 0 Å². The summed E-state index contributed by atoms with van der Waals surface area (Å²) in [6.07, 6.45) is -0.154. The summed E-state index contributed by atoms with van der Waals surface area (Å²) in [6, 6.07) is 8.00. The largest absolute Gasteiger partial charge is 0.469 e. The fraction of sp³-hybridized carbons (Fsp3) is 0.400. The van der Waals surface area contributed by atoms with Crippen LogP contribution in [0.5, 0.6) is 0 Å². The molecule has 2 rings (SSSR count). The molecule has 1 saturated heterocycles. The highest BCUT2D eigenvalue weighted by Gasteiger charge is 2.39. The van der Waals surface area contributed by atoms with Gasteiger partial charge < -0.3 is 15.0 Å². The van der Waals surface area contributed by atoms with Crippen LogP contribution in [0.2, 0.25) is 0 Å². The number of ether oxygens (including phenoxy) is 1. The summed E-state index contributed by atoms with van der Waals surface area (Å²) < 4.78 is 4.56. The third kappa shape index (κ3) is 3.39. The molecule has 0 aromatic heterocycles. The highest BCUT2D eigenvalue weighted by atomic mass is 16.5. The summed E-state index contributed by atoms with van der Waals surface area (Å²) in [7, 11) is 1.25. The Hall–Kier alpha value is -2.37. The number of rotatable bonds is 4. The van der Waals surface area contributed by atoms with E-state index in [-0.39, 0.29) is 18.2 Å². The van der Waals surface area contributed by atoms with Gasteiger partial charge in [0.1, 0.15) is 12.1 Å². The van der Waals surface area contributed by atoms with Crippen LogP contribution in [0.1, 0.15) is 18.9 Å². The molecule has 1 N–H and O–H groups in total. The summed E-state index contributed by atoms with van der Waals surface area (Å²) in [5.41, 5.74) is 0.934. The van der Waals surface area contributed by atoms with E-state index in [1.54, 1.807) is 6.92 Å². The van der Waals surface area contributed by atoms with Crippen LogP contribution in [0, 0.1) is 0 Å². The standard InChI is InChI=1S/C15H18N2O4/c1-10-14(19)16-12(8-13(18)21-2)15(20)17(10)9-11-6-4-3-5-7-11/h3-7,10,12H,8-9H2,1-2H3,(H,16,19)/t10-,12-/m1/s1. The second kappa shape index (κ2) is 6.39. The van der Waals surface area contributed by atoms with Crippen molar-refractivity contribution < 1.29 is 19.1 Å². The van der Waals surface area contributed by atoms with E-state index in [4.69, 9.17) is 0 Å². The monoisotopic (exact) mass is 290 g/mol. The zero-order valence-electron chi connectivity index (χ0n) is 12.0. The molecule has 0 unspecified atom stereocenters. The van der Waals surface area contributed by atoms with Crippen molar-refractivity contribution in [2.24, 2.45) is 0 Å². The molecular formula is C15H18N2O4. The number of hydrogen-bond donors (Lipinski definition) is 1. The molecule has 1 aromatic carbocycles. The van der Waals surface area contributed by atoms with Crippen molar-refractivity contribution >= 4 is 17.8 Å². The van der Waals surface area contributed by atoms with Gasteiger partial charge in [0.15, 0.2) is 0 Å². The topological polar surface area (TPSA) is 75.7 Å². The minimum atomic E-state index is -0.857. The average Bonchev–Trinajstić information content (AvgIpc) is 2.50. The summed E-state index contributed by atoms with van der Waals surface area (Å²) in [4.78, 5) is 37.2. The number of amides is 2. The van der Waals surface area contributed by atoms with Crippen LogP contribution in [0.4, 0.5) is 0 Å². The van der Waals surface area contributed by atoms with Crippen LogP contribution in [0.3, 0.4) is 0 Å². The van der Waals surface area contributed by atoms with E-state index >= 15 is 0 Å². The maximum atomic E-state index is 12.4. The number of hydrogen-bond acceptors (Lipinski definition) is 4. The van der Waals surface area contributed by atoms with Gasteiger partial charge in [-0.2, -0.15) is 0 Å². The van der Waals surface area contributed by atoms with Crippen LogP contribution in [-0.4, -0.2) is 41.9 Å². The van der Waals surface area contributed by atoms with Crippen LogP contribution in [0.25, 0.3) is 0 Å². The highest BCUT2D eigenvalue weighted by molar-refractivity contribution is 5.98. The normalized spacial score (nSPS) is 21.9. The molecule has 6 nitrogen and oxygen atoms in total. The van der Waals surface area contributed by atoms with Gasteiger partial charge in [-0.05, 0) is 12.5 Å². The number of carbonyl (C=O) groups is 3. The second-order valence-corrected chi connectivity index (χ2v) is 4.97. The first-order valence-corrected chi connectivity index (χ1v) is 6.74. The van der Waals surface area contributed by atoms with E-state index in [1.165, 1.54) is 12.0 Å². The Morgan fingerprint density at radius 2 is 1.95 bits per heavy atom. The van der Waals surface area contributed by atoms with E-state index in [9.17, 15) is 14.4 Å². The maximum absolute atomic E-state index is 12.4. The Balaban J connectivity index is 2.15. The molecule has 0 aliphatic carbocycles. The lowest BCUT2D eigenvalue weighted by Crippen LogP contribution is -2.62. The molecule has 1 aliphatic heterocycles. The summed E-state index contributed by atoms with van der Waals surface area (Å²) >= 11 is 0. The van der Waals surface area contributed by atoms with Crippen molar-refractivity contribution in [2.75, 3.05) is 7.11 Å². The molecule has 2 atom stereocenters. The van der Waals surface area contributed by atoms with Crippen molar-refractivity contribution in [3.8, 4) is 0 Å². The lowest BCUT2D eigenvalue weighted by Gasteiger charge is -2.37. The van der Waals surface area contributed by atoms with Gasteiger partial charge in [-0.3, -0.25) is 14.4 Å². The number of benzene rings is 1. The molecule has 0 spiro atoms. The van der Waals surface area contributed by atoms with Crippen LogP contribution in [-0.2, 0) is 25.7 Å². The molecule has 112 valence electrons. The second-order valence-electron chi connectivity index (χ2n) is 4.97. The SMILES string of the molecule is COC(=O)C[C@H]1NC(=O)[C@@H](C)N(Cc2ccccc2)C1=O. The average molecular weight is 290 g/mol. The summed E-state index contributed by atoms with van der Waals surface area (Å²) in [5, 5.41) is 2.57. The summed E-state index contributed by atoms with van der Waals surface area (Å²) in [5.74, 6) is -1.06. The van der Waals surface area contributed by atoms with Crippen molar-refractivity contribution in [2.45, 2.75) is 32.0 Å². The molecule has 0 radical (unpaired) electrons. The van der Waals surface area contributed by atoms with Gasteiger partial charge in [-0.25, -0.2) is 0 Å². The molecule has 1 fully saturated rings. The van der Waals surface area contributed by atoms with Gasteiger partial charge in [0, 0.05) is 6.54 Å². The van der Waals surface area contributed by atoms with Gasteiger partial charge in [-0.15, -0.1) is 0 Å². The molecule has 0 bridgehead atoms. The number of nitrogens with zero attached hydrogens (tertiary/aromatic N) is 1. The number of methoxy groups -OCH3 is 1. The molecule has 1 heterocycles. The fourth-order valence-corrected chi connectivity index (χ4v) is 2.27. The number of carbonyl (C=O) groups excluding carboxylic acids is 3. The van der Waals surface area contributed by atoms with Crippen LogP contribution in [0.15, 0.2) is 30.3 Å². The first kappa shape index (κ1) is 15.0. The third-order valence-electron chi connectivity index (χ3n) is 3.54. The number of nitrogens with one attached hydrogen (secondary N) is 1. The van der Waals surface area contributed by atoms with E-state index in [1.807, 2.05) is 30.3 Å². The predicted octanol–water partition coefficient (Wildman–Crippen LogP) is 0.465. The van der Waals surface area contributed by atoms with E-state index in [0.717, 1.165) is 5.56 Å². The lowest BCUT2D eigenvalue weighted by molar-refractivity contribution is -0.153. The quantitative estimate of drug-likeness (QED) is 0.818. The Kier molecular flexibility index (Phi) is 4.57. The van der Waals surface area contributed by atoms with Gasteiger partial charge in [-0.1, -0.05) is 30.3 Å². The Morgan fingerprint density at radius 1 is 1.29 bits per heavy atom. The van der Waals surface area contributed by atoms with E-state index in [0.29, 0.717) is 6.54 Å². The number of esters is 1. The van der Waals surface area contributed by atoms with Crippen LogP contribution >= 0.6 is 0 Å². The Bertz CT molecular complexity index is 542. The van der Waals surface area contributed by atoms with E-state index in [2.05, 4.69) is 10.1 Å². The molecule has 6 heteroatoms. The minimum Gasteiger partial charge on any atom is -0.469 e. The smallest absolute Gasteiger partial charge is 0.308 e. The first-order valence-electron chi connectivity index (χ1n) is 6.74. The lowest BCUT2D eigenvalue weighted by atomic mass is 10.0. The number of piperazine rings is 1. The molecule has 1 aliphatic rings. The third-order valence-corrected chi connectivity index (χ3v) is 3.54. The van der Waals surface area contributed by atoms with Crippen LogP contribution < -0.4 is 5.32 Å². The Morgan fingerprint density at radius 3 is 2.57 bits per heavy atom. The van der Waals surface area contributed by atoms with Crippen molar-refractivity contribution in [3.63, 3.8) is 0 Å². The maximum Gasteiger partial charge on any atom is 0.308 e. The zero-order chi connectivity index (χ0) is 15.4. The predicted molar refractivity (Wildman–Crippen MR) is 75.0 cm³/mol. The first-order chi connectivity index (χ1) is 10.0. The summed E-state index contributed by atoms with van der Waals surface area (Å²) in [6.45, 7) is 2.01. The minimum absolute atomic E-state index is 0.154. The van der Waals surface area contributed by atoms with Gasteiger partial charge in [0.05, 0.1) is 13.5 Å². The fourth-order valence-electron chi connectivity index (χ4n) is 2.27. The molecule has 0 saturated carbocycles. The van der Waals surface area contributed by atoms with Gasteiger partial charge >= 0.3 is 5.97 Å². The molecular weight excluding hydrogens is 272 g/mol. The zero-order valence-corrected chi connectivity index (χ0v) is 12.0. The van der Waals surface area contributed by atoms with Gasteiger partial charge in [0.2, 0.25) is 11.8 Å². The van der Waals surface area contributed by atoms with Crippen molar-refractivity contribution in [3.05, 3.63) is 35.9 Å². The highest BCUT2D eigenvalue weighted by Crippen LogP contribution is 2.16. The van der Waals surface area contributed by atoms with Crippen molar-refractivity contribution in [1.29, 1.82) is 0 Å². The van der Waals surface area contributed by atoms with E-state index < -0.39 is 18.1 Å². The molecule has 2 amide bonds. The molecule has 21 heavy (non-hydrogen) atoms.